The van der Waals surface area contributed by atoms with Crippen LogP contribution in [-0.2, 0) is 12.7 Å². The minimum absolute atomic E-state index is 0.0676. The van der Waals surface area contributed by atoms with Gasteiger partial charge in [-0.15, -0.1) is 0 Å². The van der Waals surface area contributed by atoms with Gasteiger partial charge in [0.05, 0.1) is 17.9 Å². The van der Waals surface area contributed by atoms with E-state index in [1.807, 2.05) is 25.1 Å². The van der Waals surface area contributed by atoms with Gasteiger partial charge in [0, 0.05) is 20.1 Å². The van der Waals surface area contributed by atoms with Crippen molar-refractivity contribution in [1.29, 1.82) is 0 Å². The zero-order chi connectivity index (χ0) is 20.0. The van der Waals surface area contributed by atoms with E-state index in [4.69, 9.17) is 4.42 Å². The van der Waals surface area contributed by atoms with Crippen molar-refractivity contribution in [2.45, 2.75) is 18.8 Å². The summed E-state index contributed by atoms with van der Waals surface area (Å²) in [6.45, 7) is 0.276. The monoisotopic (exact) mass is 386 g/mol. The summed E-state index contributed by atoms with van der Waals surface area (Å²) in [6.07, 6.45) is -3.06. The van der Waals surface area contributed by atoms with E-state index in [0.29, 0.717) is 18.6 Å². The second kappa shape index (κ2) is 8.90. The van der Waals surface area contributed by atoms with Crippen LogP contribution in [-0.4, -0.2) is 38.5 Å². The summed E-state index contributed by atoms with van der Waals surface area (Å²) in [5.41, 5.74) is -1.07. The summed E-state index contributed by atoms with van der Waals surface area (Å²) in [5.74, 6) is 0.146. The van der Waals surface area contributed by atoms with E-state index in [2.05, 4.69) is 15.6 Å². The first-order chi connectivity index (χ1) is 12.7. The minimum atomic E-state index is -4.63. The van der Waals surface area contributed by atoms with Crippen molar-refractivity contribution in [3.05, 3.63) is 59.3 Å². The van der Waals surface area contributed by atoms with Crippen LogP contribution >= 0.6 is 0 Å². The quantitative estimate of drug-likeness (QED) is 0.454. The highest BCUT2D eigenvalue weighted by Gasteiger charge is 2.33. The molecule has 0 spiro atoms. The Morgan fingerprint density at radius 3 is 2.52 bits per heavy atom. The first-order valence-electron chi connectivity index (χ1n) is 8.22. The Morgan fingerprint density at radius 1 is 1.22 bits per heavy atom. The molecule has 0 fully saturated rings. The van der Waals surface area contributed by atoms with Gasteiger partial charge in [-0.05, 0) is 43.9 Å². The largest absolute Gasteiger partial charge is 0.468 e. The number of guanidine groups is 1. The number of halogens is 4. The minimum Gasteiger partial charge on any atom is -0.468 e. The highest BCUT2D eigenvalue weighted by Crippen LogP contribution is 2.32. The van der Waals surface area contributed by atoms with Crippen molar-refractivity contribution in [2.75, 3.05) is 27.7 Å². The van der Waals surface area contributed by atoms with Crippen LogP contribution in [0.25, 0.3) is 0 Å². The standard InChI is InChI=1S/C18H22F4N4O/c1-23-17(25-11-15(26(2)3)16-5-4-8-27-16)24-10-12-6-7-13(19)9-14(12)18(20,21)22/h4-9,15H,10-11H2,1-3H3,(H2,23,24,25). The molecule has 0 radical (unpaired) electrons. The van der Waals surface area contributed by atoms with Gasteiger partial charge in [0.2, 0.25) is 0 Å². The number of aliphatic imine (C=N–C) groups is 1. The maximum Gasteiger partial charge on any atom is 0.416 e. The SMILES string of the molecule is CN=C(NCc1ccc(F)cc1C(F)(F)F)NCC(c1ccco1)N(C)C. The predicted molar refractivity (Wildman–Crippen MR) is 94.7 cm³/mol. The molecule has 0 amide bonds. The highest BCUT2D eigenvalue weighted by molar-refractivity contribution is 5.79. The molecule has 0 saturated carbocycles. The van der Waals surface area contributed by atoms with E-state index >= 15 is 0 Å². The lowest BCUT2D eigenvalue weighted by Crippen LogP contribution is -2.41. The first kappa shape index (κ1) is 20.8. The Kier molecular flexibility index (Phi) is 6.84. The van der Waals surface area contributed by atoms with Crippen molar-refractivity contribution >= 4 is 5.96 Å². The summed E-state index contributed by atoms with van der Waals surface area (Å²) in [6, 6.07) is 6.15. The third kappa shape index (κ3) is 5.72. The molecule has 9 heteroatoms. The molecule has 1 atom stereocenters. The molecule has 0 saturated heterocycles. The van der Waals surface area contributed by atoms with Crippen molar-refractivity contribution in [3.8, 4) is 0 Å². The fourth-order valence-corrected chi connectivity index (χ4v) is 2.58. The van der Waals surface area contributed by atoms with Crippen LogP contribution in [0.5, 0.6) is 0 Å². The van der Waals surface area contributed by atoms with E-state index in [1.165, 1.54) is 7.05 Å². The summed E-state index contributed by atoms with van der Waals surface area (Å²) >= 11 is 0. The highest BCUT2D eigenvalue weighted by atomic mass is 19.4. The van der Waals surface area contributed by atoms with Gasteiger partial charge in [-0.1, -0.05) is 6.07 Å². The third-order valence-corrected chi connectivity index (χ3v) is 4.01. The van der Waals surface area contributed by atoms with Crippen molar-refractivity contribution in [2.24, 2.45) is 4.99 Å². The number of likely N-dealkylation sites (N-methyl/N-ethyl adjacent to an activating group) is 1. The molecule has 27 heavy (non-hydrogen) atoms. The maximum absolute atomic E-state index is 13.2. The Morgan fingerprint density at radius 2 is 1.96 bits per heavy atom. The van der Waals surface area contributed by atoms with Gasteiger partial charge in [0.1, 0.15) is 11.6 Å². The molecule has 1 unspecified atom stereocenters. The van der Waals surface area contributed by atoms with E-state index in [9.17, 15) is 17.6 Å². The third-order valence-electron chi connectivity index (χ3n) is 4.01. The number of alkyl halides is 3. The number of nitrogens with one attached hydrogen (secondary N) is 2. The summed E-state index contributed by atoms with van der Waals surface area (Å²) in [7, 11) is 5.29. The molecular formula is C18H22F4N4O. The molecule has 0 aliphatic rings. The van der Waals surface area contributed by atoms with Gasteiger partial charge in [-0.25, -0.2) is 4.39 Å². The average Bonchev–Trinajstić information content (AvgIpc) is 3.11. The maximum atomic E-state index is 13.2. The summed E-state index contributed by atoms with van der Waals surface area (Å²) in [4.78, 5) is 5.96. The Hall–Kier alpha value is -2.55. The molecule has 0 aliphatic carbocycles. The van der Waals surface area contributed by atoms with E-state index in [-0.39, 0.29) is 18.2 Å². The van der Waals surface area contributed by atoms with E-state index in [0.717, 1.165) is 17.9 Å². The topological polar surface area (TPSA) is 52.8 Å². The molecular weight excluding hydrogens is 364 g/mol. The number of hydrogen-bond donors (Lipinski definition) is 2. The molecule has 2 N–H and O–H groups in total. The van der Waals surface area contributed by atoms with Crippen LogP contribution in [0.15, 0.2) is 46.0 Å². The number of nitrogens with zero attached hydrogens (tertiary/aromatic N) is 2. The normalized spacial score (nSPS) is 13.7. The van der Waals surface area contributed by atoms with E-state index in [1.54, 1.807) is 12.3 Å². The molecule has 1 heterocycles. The zero-order valence-corrected chi connectivity index (χ0v) is 15.3. The Labute approximate surface area is 155 Å². The van der Waals surface area contributed by atoms with Crippen molar-refractivity contribution in [3.63, 3.8) is 0 Å². The van der Waals surface area contributed by atoms with Crippen LogP contribution < -0.4 is 10.6 Å². The molecule has 2 aromatic rings. The fourth-order valence-electron chi connectivity index (χ4n) is 2.58. The average molecular weight is 386 g/mol. The fraction of sp³-hybridized carbons (Fsp3) is 0.389. The van der Waals surface area contributed by atoms with Crippen LogP contribution in [0, 0.1) is 5.82 Å². The molecule has 5 nitrogen and oxygen atoms in total. The van der Waals surface area contributed by atoms with Gasteiger partial charge >= 0.3 is 6.18 Å². The second-order valence-electron chi connectivity index (χ2n) is 6.10. The zero-order valence-electron chi connectivity index (χ0n) is 15.3. The molecule has 1 aromatic carbocycles. The van der Waals surface area contributed by atoms with Gasteiger partial charge in [-0.2, -0.15) is 13.2 Å². The molecule has 0 bridgehead atoms. The lowest BCUT2D eigenvalue weighted by Gasteiger charge is -2.24. The Balaban J connectivity index is 2.02. The molecule has 1 aromatic heterocycles. The van der Waals surface area contributed by atoms with Crippen LogP contribution in [0.1, 0.15) is 22.9 Å². The summed E-state index contributed by atoms with van der Waals surface area (Å²) in [5, 5.41) is 5.89. The van der Waals surface area contributed by atoms with Gasteiger partial charge in [-0.3, -0.25) is 9.89 Å². The first-order valence-corrected chi connectivity index (χ1v) is 8.22. The van der Waals surface area contributed by atoms with Gasteiger partial charge in [0.25, 0.3) is 0 Å². The van der Waals surface area contributed by atoms with Crippen molar-refractivity contribution in [1.82, 2.24) is 15.5 Å². The Bertz CT molecular complexity index is 757. The number of rotatable bonds is 6. The predicted octanol–water partition coefficient (Wildman–Crippen LogP) is 3.41. The van der Waals surface area contributed by atoms with E-state index < -0.39 is 17.6 Å². The van der Waals surface area contributed by atoms with Crippen LogP contribution in [0.2, 0.25) is 0 Å². The van der Waals surface area contributed by atoms with Crippen molar-refractivity contribution < 1.29 is 22.0 Å². The van der Waals surface area contributed by atoms with Crippen LogP contribution in [0.4, 0.5) is 17.6 Å². The number of benzene rings is 1. The van der Waals surface area contributed by atoms with Gasteiger partial charge < -0.3 is 15.1 Å². The number of furan rings is 1. The second-order valence-corrected chi connectivity index (χ2v) is 6.10. The lowest BCUT2D eigenvalue weighted by atomic mass is 10.1. The smallest absolute Gasteiger partial charge is 0.416 e. The lowest BCUT2D eigenvalue weighted by molar-refractivity contribution is -0.138. The number of hydrogen-bond acceptors (Lipinski definition) is 3. The molecule has 148 valence electrons. The molecule has 2 rings (SSSR count). The summed E-state index contributed by atoms with van der Waals surface area (Å²) < 4.78 is 57.8. The van der Waals surface area contributed by atoms with Gasteiger partial charge in [0.15, 0.2) is 5.96 Å². The van der Waals surface area contributed by atoms with Crippen LogP contribution in [0.3, 0.4) is 0 Å². The molecule has 0 aliphatic heterocycles.